The molecule has 0 aromatic heterocycles. The monoisotopic (exact) mass is 380 g/mol. The molecule has 4 nitrogen and oxygen atoms in total. The predicted molar refractivity (Wildman–Crippen MR) is 94.9 cm³/mol. The molecule has 1 atom stereocenters. The molecule has 0 heterocycles. The molecule has 1 fully saturated rings. The number of carbonyl (C=O) groups excluding carboxylic acids is 2. The van der Waals surface area contributed by atoms with Gasteiger partial charge in [-0.15, -0.1) is 0 Å². The third-order valence-corrected chi connectivity index (χ3v) is 4.67. The van der Waals surface area contributed by atoms with Crippen LogP contribution in [0.15, 0.2) is 28.7 Å². The van der Waals surface area contributed by atoms with E-state index in [9.17, 15) is 9.59 Å². The number of amides is 2. The van der Waals surface area contributed by atoms with E-state index in [1.165, 1.54) is 6.42 Å². The van der Waals surface area contributed by atoms with Gasteiger partial charge in [0.2, 0.25) is 11.8 Å². The van der Waals surface area contributed by atoms with Crippen LogP contribution in [0.25, 0.3) is 0 Å². The Morgan fingerprint density at radius 3 is 2.65 bits per heavy atom. The molecule has 0 bridgehead atoms. The first kappa shape index (κ1) is 18.0. The van der Waals surface area contributed by atoms with E-state index in [0.29, 0.717) is 6.42 Å². The minimum atomic E-state index is -0.631. The maximum atomic E-state index is 12.7. The molecule has 1 aromatic rings. The molecule has 0 spiro atoms. The van der Waals surface area contributed by atoms with Crippen LogP contribution in [-0.2, 0) is 9.59 Å². The highest BCUT2D eigenvalue weighted by molar-refractivity contribution is 9.10. The van der Waals surface area contributed by atoms with Gasteiger partial charge in [-0.2, -0.15) is 0 Å². The van der Waals surface area contributed by atoms with Gasteiger partial charge in [0.15, 0.2) is 0 Å². The number of hydrogen-bond donors (Lipinski definition) is 2. The Bertz CT molecular complexity index is 542. The van der Waals surface area contributed by atoms with Gasteiger partial charge < -0.3 is 10.6 Å². The Morgan fingerprint density at radius 2 is 2.00 bits per heavy atom. The van der Waals surface area contributed by atoms with Gasteiger partial charge in [0, 0.05) is 16.9 Å². The molecule has 23 heavy (non-hydrogen) atoms. The fourth-order valence-electron chi connectivity index (χ4n) is 2.98. The lowest BCUT2D eigenvalue weighted by atomic mass is 9.95. The number of hydrogen-bond acceptors (Lipinski definition) is 2. The molecule has 0 aliphatic heterocycles. The molecule has 5 heteroatoms. The van der Waals surface area contributed by atoms with Gasteiger partial charge in [-0.1, -0.05) is 54.2 Å². The summed E-state index contributed by atoms with van der Waals surface area (Å²) >= 11 is 3.43. The van der Waals surface area contributed by atoms with E-state index in [0.717, 1.165) is 42.1 Å². The Kier molecular flexibility index (Phi) is 7.09. The van der Waals surface area contributed by atoms with Crippen molar-refractivity contribution in [1.29, 1.82) is 0 Å². The molecule has 0 saturated heterocycles. The fourth-order valence-corrected chi connectivity index (χ4v) is 3.40. The van der Waals surface area contributed by atoms with Crippen LogP contribution in [-0.4, -0.2) is 17.9 Å². The van der Waals surface area contributed by atoms with Crippen molar-refractivity contribution in [3.8, 4) is 0 Å². The van der Waals surface area contributed by atoms with E-state index in [-0.39, 0.29) is 17.9 Å². The Balaban J connectivity index is 2.11. The summed E-state index contributed by atoms with van der Waals surface area (Å²) in [6, 6.07) is 7.15. The first-order valence-corrected chi connectivity index (χ1v) is 9.24. The van der Waals surface area contributed by atoms with Crippen molar-refractivity contribution in [2.24, 2.45) is 0 Å². The summed E-state index contributed by atoms with van der Waals surface area (Å²) in [4.78, 5) is 24.7. The van der Waals surface area contributed by atoms with E-state index < -0.39 is 6.04 Å². The van der Waals surface area contributed by atoms with Crippen LogP contribution in [0.2, 0.25) is 0 Å². The van der Waals surface area contributed by atoms with Gasteiger partial charge in [0.25, 0.3) is 0 Å². The Labute approximate surface area is 146 Å². The summed E-state index contributed by atoms with van der Waals surface area (Å²) in [6.07, 6.45) is 6.82. The lowest BCUT2D eigenvalue weighted by molar-refractivity contribution is -0.129. The maximum Gasteiger partial charge on any atom is 0.247 e. The third kappa shape index (κ3) is 5.65. The highest BCUT2D eigenvalue weighted by atomic mass is 79.9. The van der Waals surface area contributed by atoms with E-state index in [4.69, 9.17) is 0 Å². The van der Waals surface area contributed by atoms with Gasteiger partial charge in [-0.3, -0.25) is 9.59 Å². The van der Waals surface area contributed by atoms with Crippen molar-refractivity contribution in [2.75, 3.05) is 0 Å². The largest absolute Gasteiger partial charge is 0.351 e. The second-order valence-electron chi connectivity index (χ2n) is 6.15. The lowest BCUT2D eigenvalue weighted by Gasteiger charge is -2.26. The molecule has 2 N–H and O–H groups in total. The van der Waals surface area contributed by atoms with Crippen LogP contribution >= 0.6 is 15.9 Å². The van der Waals surface area contributed by atoms with Crippen LogP contribution in [0, 0.1) is 0 Å². The van der Waals surface area contributed by atoms with Gasteiger partial charge in [-0.25, -0.2) is 0 Å². The standard InChI is InChI=1S/C18H25BrN2O2/c1-2-7-16(22)21-17(13-8-6-9-14(19)12-13)18(23)20-15-10-4-3-5-11-15/h6,8-9,12,15,17H,2-5,7,10-11H2,1H3,(H,20,23)(H,21,22). The van der Waals surface area contributed by atoms with Crippen molar-refractivity contribution in [3.05, 3.63) is 34.3 Å². The van der Waals surface area contributed by atoms with Crippen molar-refractivity contribution in [1.82, 2.24) is 10.6 Å². The SMILES string of the molecule is CCCC(=O)NC(C(=O)NC1CCCCC1)c1cccc(Br)c1. The first-order chi connectivity index (χ1) is 11.1. The molecule has 1 aromatic carbocycles. The molecule has 126 valence electrons. The molecule has 2 rings (SSSR count). The molecular weight excluding hydrogens is 356 g/mol. The van der Waals surface area contributed by atoms with Gasteiger partial charge in [0.05, 0.1) is 0 Å². The average molecular weight is 381 g/mol. The second kappa shape index (κ2) is 9.06. The topological polar surface area (TPSA) is 58.2 Å². The van der Waals surface area contributed by atoms with Crippen molar-refractivity contribution in [2.45, 2.75) is 64.0 Å². The summed E-state index contributed by atoms with van der Waals surface area (Å²) in [5.74, 6) is -0.198. The molecule has 1 unspecified atom stereocenters. The molecule has 1 saturated carbocycles. The van der Waals surface area contributed by atoms with Crippen LogP contribution in [0.4, 0.5) is 0 Å². The summed E-state index contributed by atoms with van der Waals surface area (Å²) in [5.41, 5.74) is 0.803. The molecule has 2 amide bonds. The first-order valence-electron chi connectivity index (χ1n) is 8.45. The summed E-state index contributed by atoms with van der Waals surface area (Å²) in [7, 11) is 0. The van der Waals surface area contributed by atoms with Crippen LogP contribution in [0.1, 0.15) is 63.5 Å². The Hall–Kier alpha value is -1.36. The third-order valence-electron chi connectivity index (χ3n) is 4.18. The number of carbonyl (C=O) groups is 2. The minimum Gasteiger partial charge on any atom is -0.351 e. The van der Waals surface area contributed by atoms with E-state index >= 15 is 0 Å². The summed E-state index contributed by atoms with van der Waals surface area (Å²) in [5, 5.41) is 5.99. The zero-order chi connectivity index (χ0) is 16.7. The van der Waals surface area contributed by atoms with Gasteiger partial charge >= 0.3 is 0 Å². The zero-order valence-corrected chi connectivity index (χ0v) is 15.2. The second-order valence-corrected chi connectivity index (χ2v) is 7.06. The van der Waals surface area contributed by atoms with Crippen molar-refractivity contribution >= 4 is 27.7 Å². The average Bonchev–Trinajstić information content (AvgIpc) is 2.53. The number of nitrogens with one attached hydrogen (secondary N) is 2. The van der Waals surface area contributed by atoms with E-state index in [2.05, 4.69) is 26.6 Å². The van der Waals surface area contributed by atoms with E-state index in [1.807, 2.05) is 31.2 Å². The summed E-state index contributed by atoms with van der Waals surface area (Å²) < 4.78 is 0.898. The smallest absolute Gasteiger partial charge is 0.247 e. The van der Waals surface area contributed by atoms with Crippen LogP contribution in [0.5, 0.6) is 0 Å². The molecule has 1 aliphatic carbocycles. The normalized spacial score (nSPS) is 16.6. The molecular formula is C18H25BrN2O2. The van der Waals surface area contributed by atoms with Gasteiger partial charge in [-0.05, 0) is 37.0 Å². The van der Waals surface area contributed by atoms with Crippen LogP contribution in [0.3, 0.4) is 0 Å². The summed E-state index contributed by atoms with van der Waals surface area (Å²) in [6.45, 7) is 1.95. The predicted octanol–water partition coefficient (Wildman–Crippen LogP) is 3.86. The minimum absolute atomic E-state index is 0.0868. The lowest BCUT2D eigenvalue weighted by Crippen LogP contribution is -2.45. The quantitative estimate of drug-likeness (QED) is 0.786. The highest BCUT2D eigenvalue weighted by Crippen LogP contribution is 2.21. The zero-order valence-electron chi connectivity index (χ0n) is 13.6. The molecule has 1 aliphatic rings. The van der Waals surface area contributed by atoms with Crippen molar-refractivity contribution < 1.29 is 9.59 Å². The number of halogens is 1. The number of benzene rings is 1. The van der Waals surface area contributed by atoms with Crippen molar-refractivity contribution in [3.63, 3.8) is 0 Å². The van der Waals surface area contributed by atoms with Gasteiger partial charge in [0.1, 0.15) is 6.04 Å². The Morgan fingerprint density at radius 1 is 1.26 bits per heavy atom. The number of rotatable bonds is 6. The van der Waals surface area contributed by atoms with E-state index in [1.54, 1.807) is 0 Å². The molecule has 0 radical (unpaired) electrons. The highest BCUT2D eigenvalue weighted by Gasteiger charge is 2.25. The fraction of sp³-hybridized carbons (Fsp3) is 0.556. The maximum absolute atomic E-state index is 12.7. The van der Waals surface area contributed by atoms with Crippen LogP contribution < -0.4 is 10.6 Å².